The number of rotatable bonds is 2. The second-order valence-electron chi connectivity index (χ2n) is 4.99. The number of nitrogens with zero attached hydrogens (tertiary/aromatic N) is 4. The van der Waals surface area contributed by atoms with Gasteiger partial charge >= 0.3 is 0 Å². The highest BCUT2D eigenvalue weighted by molar-refractivity contribution is 5.49. The van der Waals surface area contributed by atoms with Gasteiger partial charge in [0.2, 0.25) is 5.95 Å². The van der Waals surface area contributed by atoms with Crippen LogP contribution in [0, 0.1) is 0 Å². The van der Waals surface area contributed by atoms with Gasteiger partial charge in [0.15, 0.2) is 0 Å². The molecule has 17 heavy (non-hydrogen) atoms. The first kappa shape index (κ1) is 11.6. The summed E-state index contributed by atoms with van der Waals surface area (Å²) in [6.07, 6.45) is 3.41. The Morgan fingerprint density at radius 2 is 1.82 bits per heavy atom. The molecule has 0 amide bonds. The minimum atomic E-state index is 0.0369. The number of anilines is 2. The first-order valence-electron chi connectivity index (χ1n) is 5.55. The van der Waals surface area contributed by atoms with Gasteiger partial charge in [-0.2, -0.15) is 5.10 Å². The first-order chi connectivity index (χ1) is 7.97. The zero-order valence-corrected chi connectivity index (χ0v) is 10.6. The van der Waals surface area contributed by atoms with Crippen LogP contribution < -0.4 is 5.32 Å². The number of aryl methyl sites for hydroxylation is 1. The highest BCUT2D eigenvalue weighted by Crippen LogP contribution is 2.24. The maximum atomic E-state index is 4.48. The van der Waals surface area contributed by atoms with Crippen LogP contribution in [-0.2, 0) is 12.5 Å². The quantitative estimate of drug-likeness (QED) is 0.861. The van der Waals surface area contributed by atoms with E-state index in [0.717, 1.165) is 11.5 Å². The molecular formula is C12H17N5. The van der Waals surface area contributed by atoms with E-state index >= 15 is 0 Å². The molecule has 0 atom stereocenters. The summed E-state index contributed by atoms with van der Waals surface area (Å²) in [6, 6.07) is 3.81. The van der Waals surface area contributed by atoms with E-state index in [1.165, 1.54) is 0 Å². The van der Waals surface area contributed by atoms with E-state index in [1.807, 2.05) is 13.1 Å². The summed E-state index contributed by atoms with van der Waals surface area (Å²) in [7, 11) is 1.90. The lowest BCUT2D eigenvalue weighted by atomic mass is 9.92. The van der Waals surface area contributed by atoms with Gasteiger partial charge in [-0.15, -0.1) is 0 Å². The van der Waals surface area contributed by atoms with Crippen LogP contribution in [0.5, 0.6) is 0 Å². The van der Waals surface area contributed by atoms with Crippen molar-refractivity contribution in [1.82, 2.24) is 19.7 Å². The zero-order chi connectivity index (χ0) is 12.5. The molecule has 2 aromatic rings. The van der Waals surface area contributed by atoms with Crippen molar-refractivity contribution in [3.05, 3.63) is 30.2 Å². The van der Waals surface area contributed by atoms with Crippen molar-refractivity contribution >= 4 is 11.8 Å². The largest absolute Gasteiger partial charge is 0.309 e. The SMILES string of the molecule is Cn1nc(C(C)(C)C)cc1Nc1ncccn1. The molecule has 0 fully saturated rings. The fourth-order valence-corrected chi connectivity index (χ4v) is 1.43. The third-order valence-corrected chi connectivity index (χ3v) is 2.45. The Balaban J connectivity index is 2.26. The summed E-state index contributed by atoms with van der Waals surface area (Å²) in [5.74, 6) is 1.47. The number of nitrogens with one attached hydrogen (secondary N) is 1. The molecule has 0 bridgehead atoms. The van der Waals surface area contributed by atoms with E-state index in [4.69, 9.17) is 0 Å². The van der Waals surface area contributed by atoms with Gasteiger partial charge in [0.25, 0.3) is 0 Å². The monoisotopic (exact) mass is 231 g/mol. The van der Waals surface area contributed by atoms with Gasteiger partial charge in [-0.3, -0.25) is 4.68 Å². The van der Waals surface area contributed by atoms with Crippen LogP contribution in [0.2, 0.25) is 0 Å². The third-order valence-electron chi connectivity index (χ3n) is 2.45. The van der Waals surface area contributed by atoms with Crippen LogP contribution in [0.4, 0.5) is 11.8 Å². The lowest BCUT2D eigenvalue weighted by Gasteiger charge is -2.13. The highest BCUT2D eigenvalue weighted by Gasteiger charge is 2.19. The molecular weight excluding hydrogens is 214 g/mol. The number of aromatic nitrogens is 4. The predicted octanol–water partition coefficient (Wildman–Crippen LogP) is 2.25. The molecule has 90 valence electrons. The summed E-state index contributed by atoms with van der Waals surface area (Å²) in [5, 5.41) is 7.62. The zero-order valence-electron chi connectivity index (χ0n) is 10.6. The summed E-state index contributed by atoms with van der Waals surface area (Å²) in [5.41, 5.74) is 1.08. The maximum absolute atomic E-state index is 4.48. The average Bonchev–Trinajstić information content (AvgIpc) is 2.62. The van der Waals surface area contributed by atoms with Gasteiger partial charge in [0.05, 0.1) is 5.69 Å². The number of hydrogen-bond donors (Lipinski definition) is 1. The minimum Gasteiger partial charge on any atom is -0.309 e. The molecule has 0 aliphatic heterocycles. The van der Waals surface area contributed by atoms with Crippen LogP contribution in [0.15, 0.2) is 24.5 Å². The van der Waals surface area contributed by atoms with Crippen molar-refractivity contribution in [2.75, 3.05) is 5.32 Å². The van der Waals surface area contributed by atoms with E-state index in [-0.39, 0.29) is 5.41 Å². The van der Waals surface area contributed by atoms with Crippen LogP contribution in [0.3, 0.4) is 0 Å². The summed E-state index contributed by atoms with van der Waals surface area (Å²) in [4.78, 5) is 8.25. The molecule has 0 unspecified atom stereocenters. The fourth-order valence-electron chi connectivity index (χ4n) is 1.43. The lowest BCUT2D eigenvalue weighted by molar-refractivity contribution is 0.553. The Kier molecular flexibility index (Phi) is 2.83. The Labute approximate surface area is 101 Å². The van der Waals surface area contributed by atoms with Crippen molar-refractivity contribution in [2.24, 2.45) is 7.05 Å². The summed E-state index contributed by atoms with van der Waals surface area (Å²) < 4.78 is 1.80. The molecule has 2 heterocycles. The average molecular weight is 231 g/mol. The van der Waals surface area contributed by atoms with Gasteiger partial charge in [-0.25, -0.2) is 9.97 Å². The molecule has 0 aliphatic carbocycles. The molecule has 0 aromatic carbocycles. The number of hydrogen-bond acceptors (Lipinski definition) is 4. The molecule has 0 aliphatic rings. The molecule has 2 rings (SSSR count). The van der Waals surface area contributed by atoms with E-state index in [2.05, 4.69) is 41.2 Å². The molecule has 2 aromatic heterocycles. The Bertz CT molecular complexity index is 495. The minimum absolute atomic E-state index is 0.0369. The van der Waals surface area contributed by atoms with Crippen molar-refractivity contribution in [3.8, 4) is 0 Å². The van der Waals surface area contributed by atoms with Gasteiger partial charge in [-0.05, 0) is 6.07 Å². The molecule has 5 heteroatoms. The van der Waals surface area contributed by atoms with E-state index < -0.39 is 0 Å². The molecule has 0 saturated carbocycles. The van der Waals surface area contributed by atoms with Crippen LogP contribution >= 0.6 is 0 Å². The van der Waals surface area contributed by atoms with Gasteiger partial charge in [0, 0.05) is 30.9 Å². The van der Waals surface area contributed by atoms with Gasteiger partial charge in [-0.1, -0.05) is 20.8 Å². The van der Waals surface area contributed by atoms with Gasteiger partial charge < -0.3 is 5.32 Å². The highest BCUT2D eigenvalue weighted by atomic mass is 15.3. The van der Waals surface area contributed by atoms with Crippen molar-refractivity contribution < 1.29 is 0 Å². The Morgan fingerprint density at radius 1 is 1.18 bits per heavy atom. The smallest absolute Gasteiger partial charge is 0.228 e. The standard InChI is InChI=1S/C12H17N5/c1-12(2,3)9-8-10(17(4)16-9)15-11-13-6-5-7-14-11/h5-8H,1-4H3,(H,13,14,15). The van der Waals surface area contributed by atoms with Crippen LogP contribution in [0.25, 0.3) is 0 Å². The van der Waals surface area contributed by atoms with Crippen molar-refractivity contribution in [3.63, 3.8) is 0 Å². The van der Waals surface area contributed by atoms with Gasteiger partial charge in [0.1, 0.15) is 5.82 Å². The first-order valence-corrected chi connectivity index (χ1v) is 5.55. The summed E-state index contributed by atoms with van der Waals surface area (Å²) >= 11 is 0. The maximum Gasteiger partial charge on any atom is 0.228 e. The molecule has 0 spiro atoms. The Hall–Kier alpha value is -1.91. The molecule has 0 saturated heterocycles. The third kappa shape index (κ3) is 2.61. The predicted molar refractivity (Wildman–Crippen MR) is 67.2 cm³/mol. The fraction of sp³-hybridized carbons (Fsp3) is 0.417. The van der Waals surface area contributed by atoms with E-state index in [1.54, 1.807) is 23.1 Å². The second-order valence-corrected chi connectivity index (χ2v) is 4.99. The summed E-state index contributed by atoms with van der Waals surface area (Å²) in [6.45, 7) is 6.41. The lowest BCUT2D eigenvalue weighted by Crippen LogP contribution is -2.12. The molecule has 5 nitrogen and oxygen atoms in total. The topological polar surface area (TPSA) is 55.6 Å². The van der Waals surface area contributed by atoms with Crippen LogP contribution in [0.1, 0.15) is 26.5 Å². The van der Waals surface area contributed by atoms with E-state index in [9.17, 15) is 0 Å². The van der Waals surface area contributed by atoms with Crippen molar-refractivity contribution in [2.45, 2.75) is 26.2 Å². The second kappa shape index (κ2) is 4.16. The van der Waals surface area contributed by atoms with E-state index in [0.29, 0.717) is 5.95 Å². The van der Waals surface area contributed by atoms with Crippen LogP contribution in [-0.4, -0.2) is 19.7 Å². The molecule has 0 radical (unpaired) electrons. The molecule has 1 N–H and O–H groups in total. The normalized spacial score (nSPS) is 11.5. The Morgan fingerprint density at radius 3 is 2.35 bits per heavy atom. The van der Waals surface area contributed by atoms with Crippen molar-refractivity contribution in [1.29, 1.82) is 0 Å².